The van der Waals surface area contributed by atoms with Gasteiger partial charge in [0.1, 0.15) is 0 Å². The van der Waals surface area contributed by atoms with Crippen LogP contribution in [0, 0.1) is 6.92 Å². The van der Waals surface area contributed by atoms with Crippen molar-refractivity contribution in [2.24, 2.45) is 0 Å². The van der Waals surface area contributed by atoms with E-state index in [1.165, 1.54) is 16.7 Å². The molecule has 3 rings (SSSR count). The predicted octanol–water partition coefficient (Wildman–Crippen LogP) is 3.70. The second-order valence-corrected chi connectivity index (χ2v) is 5.96. The highest BCUT2D eigenvalue weighted by molar-refractivity contribution is 5.94. The Kier molecular flexibility index (Phi) is 4.14. The lowest BCUT2D eigenvalue weighted by Gasteiger charge is -2.23. The molecule has 0 aliphatic carbocycles. The summed E-state index contributed by atoms with van der Waals surface area (Å²) in [6.07, 6.45) is 1.80. The number of rotatable bonds is 3. The van der Waals surface area contributed by atoms with Gasteiger partial charge in [-0.1, -0.05) is 42.5 Å². The van der Waals surface area contributed by atoms with Gasteiger partial charge in [0, 0.05) is 18.3 Å². The van der Waals surface area contributed by atoms with Crippen LogP contribution in [0.1, 0.15) is 23.6 Å². The molecule has 114 valence electrons. The summed E-state index contributed by atoms with van der Waals surface area (Å²) in [5, 5.41) is 3.06. The van der Waals surface area contributed by atoms with Gasteiger partial charge in [0.05, 0.1) is 0 Å². The molecule has 2 aromatic carbocycles. The van der Waals surface area contributed by atoms with Crippen molar-refractivity contribution in [3.05, 3.63) is 65.2 Å². The maximum absolute atomic E-state index is 12.5. The first-order valence-electron chi connectivity index (χ1n) is 7.86. The highest BCUT2D eigenvalue weighted by atomic mass is 16.2. The van der Waals surface area contributed by atoms with Crippen LogP contribution in [0.3, 0.4) is 0 Å². The topological polar surface area (TPSA) is 32.3 Å². The number of fused-ring (bicyclic) bond motifs is 1. The molecule has 2 amide bonds. The van der Waals surface area contributed by atoms with Crippen LogP contribution in [0.4, 0.5) is 10.5 Å². The average molecular weight is 294 g/mol. The number of nitrogens with zero attached hydrogens (tertiary/aromatic N) is 1. The van der Waals surface area contributed by atoms with Gasteiger partial charge in [0.15, 0.2) is 0 Å². The molecule has 2 aromatic rings. The fraction of sp³-hybridized carbons (Fsp3) is 0.316. The standard InChI is InChI=1S/C19H22N2O/c1-14-7-3-4-8-16(14)11-12-20-19(22)21-15(2)13-17-9-5-6-10-18(17)21/h3-10,15H,11-13H2,1-2H3,(H,20,22). The highest BCUT2D eigenvalue weighted by Crippen LogP contribution is 2.31. The summed E-state index contributed by atoms with van der Waals surface area (Å²) in [6, 6.07) is 16.7. The number of benzene rings is 2. The zero-order valence-electron chi connectivity index (χ0n) is 13.2. The molecular formula is C19H22N2O. The van der Waals surface area contributed by atoms with Crippen LogP contribution < -0.4 is 10.2 Å². The largest absolute Gasteiger partial charge is 0.337 e. The number of nitrogens with one attached hydrogen (secondary N) is 1. The van der Waals surface area contributed by atoms with Crippen LogP contribution in [-0.4, -0.2) is 18.6 Å². The van der Waals surface area contributed by atoms with Gasteiger partial charge in [-0.2, -0.15) is 0 Å². The van der Waals surface area contributed by atoms with Crippen LogP contribution in [-0.2, 0) is 12.8 Å². The Bertz CT molecular complexity index is 681. The summed E-state index contributed by atoms with van der Waals surface area (Å²) in [5.74, 6) is 0. The van der Waals surface area contributed by atoms with E-state index in [9.17, 15) is 4.79 Å². The van der Waals surface area contributed by atoms with Gasteiger partial charge in [-0.15, -0.1) is 0 Å². The van der Waals surface area contributed by atoms with Crippen molar-refractivity contribution in [3.63, 3.8) is 0 Å². The van der Waals surface area contributed by atoms with E-state index in [-0.39, 0.29) is 12.1 Å². The van der Waals surface area contributed by atoms with Gasteiger partial charge >= 0.3 is 6.03 Å². The molecule has 1 N–H and O–H groups in total. The van der Waals surface area contributed by atoms with Gasteiger partial charge in [-0.3, -0.25) is 4.90 Å². The minimum absolute atomic E-state index is 0.00559. The average Bonchev–Trinajstić information content (AvgIpc) is 2.85. The van der Waals surface area contributed by atoms with Crippen molar-refractivity contribution in [2.45, 2.75) is 32.7 Å². The summed E-state index contributed by atoms with van der Waals surface area (Å²) in [4.78, 5) is 14.4. The third-order valence-corrected chi connectivity index (χ3v) is 4.36. The van der Waals surface area contributed by atoms with Crippen molar-refractivity contribution in [1.29, 1.82) is 0 Å². The summed E-state index contributed by atoms with van der Waals surface area (Å²) in [7, 11) is 0. The van der Waals surface area contributed by atoms with Gasteiger partial charge in [-0.25, -0.2) is 4.79 Å². The van der Waals surface area contributed by atoms with Crippen LogP contribution in [0.25, 0.3) is 0 Å². The van der Waals surface area contributed by atoms with E-state index in [1.807, 2.05) is 35.2 Å². The first-order chi connectivity index (χ1) is 10.7. The van der Waals surface area contributed by atoms with E-state index < -0.39 is 0 Å². The number of urea groups is 1. The van der Waals surface area contributed by atoms with Crippen molar-refractivity contribution in [2.75, 3.05) is 11.4 Å². The fourth-order valence-corrected chi connectivity index (χ4v) is 3.15. The summed E-state index contributed by atoms with van der Waals surface area (Å²) < 4.78 is 0. The zero-order valence-corrected chi connectivity index (χ0v) is 13.2. The Morgan fingerprint density at radius 2 is 1.91 bits per heavy atom. The summed E-state index contributed by atoms with van der Waals surface area (Å²) in [5.41, 5.74) is 4.86. The molecule has 3 nitrogen and oxygen atoms in total. The van der Waals surface area contributed by atoms with Crippen LogP contribution in [0.5, 0.6) is 0 Å². The Labute approximate surface area is 132 Å². The SMILES string of the molecule is Cc1ccccc1CCNC(=O)N1c2ccccc2CC1C. The second kappa shape index (κ2) is 6.22. The minimum Gasteiger partial charge on any atom is -0.337 e. The predicted molar refractivity (Wildman–Crippen MR) is 90.4 cm³/mol. The Morgan fingerprint density at radius 3 is 2.73 bits per heavy atom. The number of amides is 2. The van der Waals surface area contributed by atoms with Gasteiger partial charge in [-0.05, 0) is 49.4 Å². The number of hydrogen-bond acceptors (Lipinski definition) is 1. The van der Waals surface area contributed by atoms with E-state index >= 15 is 0 Å². The molecule has 0 saturated heterocycles. The van der Waals surface area contributed by atoms with Crippen LogP contribution in [0.2, 0.25) is 0 Å². The molecule has 0 aromatic heterocycles. The third-order valence-electron chi connectivity index (χ3n) is 4.36. The lowest BCUT2D eigenvalue weighted by Crippen LogP contribution is -2.43. The smallest absolute Gasteiger partial charge is 0.322 e. The van der Waals surface area contributed by atoms with Crippen LogP contribution in [0.15, 0.2) is 48.5 Å². The molecule has 0 spiro atoms. The number of para-hydroxylation sites is 1. The van der Waals surface area contributed by atoms with Crippen molar-refractivity contribution in [3.8, 4) is 0 Å². The first-order valence-corrected chi connectivity index (χ1v) is 7.86. The maximum atomic E-state index is 12.5. The van der Waals surface area contributed by atoms with E-state index in [0.717, 1.165) is 18.5 Å². The van der Waals surface area contributed by atoms with Gasteiger partial charge < -0.3 is 5.32 Å². The van der Waals surface area contributed by atoms with E-state index in [1.54, 1.807) is 0 Å². The molecule has 22 heavy (non-hydrogen) atoms. The molecule has 3 heteroatoms. The number of aryl methyl sites for hydroxylation is 1. The monoisotopic (exact) mass is 294 g/mol. The van der Waals surface area contributed by atoms with Crippen molar-refractivity contribution >= 4 is 11.7 Å². The molecule has 0 bridgehead atoms. The van der Waals surface area contributed by atoms with E-state index in [4.69, 9.17) is 0 Å². The third kappa shape index (κ3) is 2.84. The Morgan fingerprint density at radius 1 is 1.18 bits per heavy atom. The molecule has 1 heterocycles. The number of hydrogen-bond donors (Lipinski definition) is 1. The number of anilines is 1. The molecular weight excluding hydrogens is 272 g/mol. The zero-order chi connectivity index (χ0) is 15.5. The van der Waals surface area contributed by atoms with Gasteiger partial charge in [0.25, 0.3) is 0 Å². The first kappa shape index (κ1) is 14.6. The second-order valence-electron chi connectivity index (χ2n) is 5.96. The molecule has 0 fully saturated rings. The van der Waals surface area contributed by atoms with Gasteiger partial charge in [0.2, 0.25) is 0 Å². The summed E-state index contributed by atoms with van der Waals surface area (Å²) in [6.45, 7) is 4.87. The molecule has 0 radical (unpaired) electrons. The lowest BCUT2D eigenvalue weighted by molar-refractivity contribution is 0.245. The molecule has 1 unspecified atom stereocenters. The Balaban J connectivity index is 1.62. The number of carbonyl (C=O) groups excluding carboxylic acids is 1. The minimum atomic E-state index is 0.00559. The molecule has 1 atom stereocenters. The fourth-order valence-electron chi connectivity index (χ4n) is 3.15. The maximum Gasteiger partial charge on any atom is 0.322 e. The lowest BCUT2D eigenvalue weighted by atomic mass is 10.1. The number of carbonyl (C=O) groups is 1. The highest BCUT2D eigenvalue weighted by Gasteiger charge is 2.30. The van der Waals surface area contributed by atoms with Crippen molar-refractivity contribution in [1.82, 2.24) is 5.32 Å². The molecule has 1 aliphatic heterocycles. The van der Waals surface area contributed by atoms with Crippen molar-refractivity contribution < 1.29 is 4.79 Å². The Hall–Kier alpha value is -2.29. The molecule has 1 aliphatic rings. The summed E-state index contributed by atoms with van der Waals surface area (Å²) >= 11 is 0. The van der Waals surface area contributed by atoms with Crippen LogP contribution >= 0.6 is 0 Å². The van der Waals surface area contributed by atoms with E-state index in [2.05, 4.69) is 37.4 Å². The molecule has 0 saturated carbocycles. The van der Waals surface area contributed by atoms with E-state index in [0.29, 0.717) is 6.54 Å². The normalized spacial score (nSPS) is 16.5. The quantitative estimate of drug-likeness (QED) is 0.920.